The van der Waals surface area contributed by atoms with Gasteiger partial charge in [0.25, 0.3) is 0 Å². The number of hydrogen-bond donors (Lipinski definition) is 3. The van der Waals surface area contributed by atoms with Gasteiger partial charge in [-0.3, -0.25) is 0 Å². The molecular formula is C12H18N4O3. The standard InChI is InChI=1S/C12H18N4O3/c1-3-16(2)8-7-14-12(19)15-9-5-4-6-13-10(9)11(17)18/h4-6H,3,7-8H2,1-2H3,(H,17,18)(H2,14,15,19). The predicted octanol–water partition coefficient (Wildman–Crippen LogP) is 0.853. The Morgan fingerprint density at radius 3 is 2.84 bits per heavy atom. The first-order valence-corrected chi connectivity index (χ1v) is 5.96. The van der Waals surface area contributed by atoms with Gasteiger partial charge in [0.15, 0.2) is 5.69 Å². The summed E-state index contributed by atoms with van der Waals surface area (Å²) in [7, 11) is 1.95. The lowest BCUT2D eigenvalue weighted by molar-refractivity contribution is 0.0692. The molecule has 0 spiro atoms. The van der Waals surface area contributed by atoms with Gasteiger partial charge in [-0.25, -0.2) is 14.6 Å². The molecule has 0 aromatic carbocycles. The van der Waals surface area contributed by atoms with Crippen molar-refractivity contribution in [3.63, 3.8) is 0 Å². The minimum absolute atomic E-state index is 0.177. The molecule has 0 aliphatic carbocycles. The smallest absolute Gasteiger partial charge is 0.356 e. The first-order valence-electron chi connectivity index (χ1n) is 5.96. The molecule has 3 N–H and O–H groups in total. The number of rotatable bonds is 6. The van der Waals surface area contributed by atoms with Gasteiger partial charge in [-0.2, -0.15) is 0 Å². The number of amides is 2. The van der Waals surface area contributed by atoms with Gasteiger partial charge in [0.2, 0.25) is 0 Å². The lowest BCUT2D eigenvalue weighted by Gasteiger charge is -2.14. The summed E-state index contributed by atoms with van der Waals surface area (Å²) >= 11 is 0. The molecule has 0 atom stereocenters. The van der Waals surface area contributed by atoms with Gasteiger partial charge in [0, 0.05) is 19.3 Å². The van der Waals surface area contributed by atoms with Crippen LogP contribution in [0.2, 0.25) is 0 Å². The number of carboxylic acids is 1. The van der Waals surface area contributed by atoms with Crippen LogP contribution < -0.4 is 10.6 Å². The fraction of sp³-hybridized carbons (Fsp3) is 0.417. The predicted molar refractivity (Wildman–Crippen MR) is 71.4 cm³/mol. The third kappa shape index (κ3) is 4.92. The summed E-state index contributed by atoms with van der Waals surface area (Å²) in [5.74, 6) is -1.18. The Morgan fingerprint density at radius 2 is 2.21 bits per heavy atom. The lowest BCUT2D eigenvalue weighted by atomic mass is 10.3. The normalized spacial score (nSPS) is 10.3. The zero-order valence-electron chi connectivity index (χ0n) is 11.0. The summed E-state index contributed by atoms with van der Waals surface area (Å²) in [4.78, 5) is 28.3. The second-order valence-corrected chi connectivity index (χ2v) is 3.98. The average molecular weight is 266 g/mol. The van der Waals surface area contributed by atoms with Crippen LogP contribution in [0.25, 0.3) is 0 Å². The van der Waals surface area contributed by atoms with Gasteiger partial charge in [-0.15, -0.1) is 0 Å². The summed E-state index contributed by atoms with van der Waals surface area (Å²) in [6, 6.07) is 2.61. The molecule has 0 aliphatic heterocycles. The molecule has 1 heterocycles. The number of urea groups is 1. The summed E-state index contributed by atoms with van der Waals surface area (Å²) in [6.07, 6.45) is 1.36. The number of aromatic nitrogens is 1. The van der Waals surface area contributed by atoms with Gasteiger partial charge in [-0.05, 0) is 25.7 Å². The molecule has 0 saturated heterocycles. The molecule has 0 saturated carbocycles. The highest BCUT2D eigenvalue weighted by atomic mass is 16.4. The maximum atomic E-state index is 11.6. The van der Waals surface area contributed by atoms with Gasteiger partial charge in [0.05, 0.1) is 5.69 Å². The molecule has 7 nitrogen and oxygen atoms in total. The monoisotopic (exact) mass is 266 g/mol. The van der Waals surface area contributed by atoms with E-state index in [4.69, 9.17) is 5.11 Å². The van der Waals surface area contributed by atoms with Crippen LogP contribution in [0.4, 0.5) is 10.5 Å². The Balaban J connectivity index is 2.51. The van der Waals surface area contributed by atoms with Crippen molar-refractivity contribution < 1.29 is 14.7 Å². The minimum Gasteiger partial charge on any atom is -0.476 e. The van der Waals surface area contributed by atoms with Crippen molar-refractivity contribution in [1.29, 1.82) is 0 Å². The van der Waals surface area contributed by atoms with Crippen LogP contribution in [0, 0.1) is 0 Å². The molecular weight excluding hydrogens is 248 g/mol. The van der Waals surface area contributed by atoms with E-state index in [0.29, 0.717) is 6.54 Å². The first kappa shape index (κ1) is 14.9. The number of carboxylic acid groups (broad SMARTS) is 1. The maximum absolute atomic E-state index is 11.6. The molecule has 19 heavy (non-hydrogen) atoms. The maximum Gasteiger partial charge on any atom is 0.356 e. The van der Waals surface area contributed by atoms with Crippen molar-refractivity contribution in [2.24, 2.45) is 0 Å². The number of aromatic carboxylic acids is 1. The third-order valence-corrected chi connectivity index (χ3v) is 2.58. The Labute approximate surface area is 111 Å². The number of likely N-dealkylation sites (N-methyl/N-ethyl adjacent to an activating group) is 1. The van der Waals surface area contributed by atoms with Crippen LogP contribution in [0.3, 0.4) is 0 Å². The van der Waals surface area contributed by atoms with Crippen molar-refractivity contribution in [2.45, 2.75) is 6.92 Å². The summed E-state index contributed by atoms with van der Waals surface area (Å²) < 4.78 is 0. The molecule has 0 fully saturated rings. The van der Waals surface area contributed by atoms with E-state index in [-0.39, 0.29) is 11.4 Å². The summed E-state index contributed by atoms with van der Waals surface area (Å²) in [5, 5.41) is 14.0. The van der Waals surface area contributed by atoms with E-state index < -0.39 is 12.0 Å². The van der Waals surface area contributed by atoms with E-state index in [2.05, 4.69) is 15.6 Å². The highest BCUT2D eigenvalue weighted by Gasteiger charge is 2.12. The largest absolute Gasteiger partial charge is 0.476 e. The number of anilines is 1. The van der Waals surface area contributed by atoms with Crippen molar-refractivity contribution in [3.05, 3.63) is 24.0 Å². The molecule has 1 aromatic heterocycles. The second-order valence-electron chi connectivity index (χ2n) is 3.98. The Bertz CT molecular complexity index is 450. The molecule has 0 radical (unpaired) electrons. The fourth-order valence-corrected chi connectivity index (χ4v) is 1.36. The second kappa shape index (κ2) is 7.32. The van der Waals surface area contributed by atoms with Crippen molar-refractivity contribution in [3.8, 4) is 0 Å². The number of nitrogens with one attached hydrogen (secondary N) is 2. The van der Waals surface area contributed by atoms with Crippen LogP contribution in [-0.2, 0) is 0 Å². The SMILES string of the molecule is CCN(C)CCNC(=O)Nc1cccnc1C(=O)O. The van der Waals surface area contributed by atoms with Crippen molar-refractivity contribution >= 4 is 17.7 Å². The molecule has 0 unspecified atom stereocenters. The van der Waals surface area contributed by atoms with Crippen molar-refractivity contribution in [2.75, 3.05) is 32.0 Å². The average Bonchev–Trinajstić information content (AvgIpc) is 2.38. The molecule has 104 valence electrons. The Kier molecular flexibility index (Phi) is 5.74. The minimum atomic E-state index is -1.18. The van der Waals surface area contributed by atoms with E-state index in [0.717, 1.165) is 13.1 Å². The topological polar surface area (TPSA) is 94.6 Å². The molecule has 0 aliphatic rings. The summed E-state index contributed by atoms with van der Waals surface area (Å²) in [6.45, 7) is 4.13. The third-order valence-electron chi connectivity index (χ3n) is 2.58. The first-order chi connectivity index (χ1) is 9.04. The van der Waals surface area contributed by atoms with Crippen LogP contribution in [0.1, 0.15) is 17.4 Å². The van der Waals surface area contributed by atoms with Crippen molar-refractivity contribution in [1.82, 2.24) is 15.2 Å². The molecule has 1 aromatic rings. The van der Waals surface area contributed by atoms with E-state index in [1.54, 1.807) is 6.07 Å². The van der Waals surface area contributed by atoms with Crippen LogP contribution in [0.5, 0.6) is 0 Å². The molecule has 7 heteroatoms. The van der Waals surface area contributed by atoms with Gasteiger partial charge >= 0.3 is 12.0 Å². The molecule has 1 rings (SSSR count). The van der Waals surface area contributed by atoms with Crippen LogP contribution in [-0.4, -0.2) is 53.7 Å². The van der Waals surface area contributed by atoms with Gasteiger partial charge in [-0.1, -0.05) is 6.92 Å². The van der Waals surface area contributed by atoms with E-state index in [1.807, 2.05) is 18.9 Å². The van der Waals surface area contributed by atoms with Crippen LogP contribution in [0.15, 0.2) is 18.3 Å². The highest BCUT2D eigenvalue weighted by Crippen LogP contribution is 2.11. The zero-order valence-corrected chi connectivity index (χ0v) is 11.0. The Morgan fingerprint density at radius 1 is 1.47 bits per heavy atom. The highest BCUT2D eigenvalue weighted by molar-refractivity contribution is 5.98. The molecule has 2 amide bonds. The molecule has 0 bridgehead atoms. The Hall–Kier alpha value is -2.15. The summed E-state index contributed by atoms with van der Waals surface area (Å²) in [5.41, 5.74) is -0.000303. The number of hydrogen-bond acceptors (Lipinski definition) is 4. The number of nitrogens with zero attached hydrogens (tertiary/aromatic N) is 2. The van der Waals surface area contributed by atoms with Gasteiger partial charge < -0.3 is 20.6 Å². The number of carbonyl (C=O) groups excluding carboxylic acids is 1. The quantitative estimate of drug-likeness (QED) is 0.709. The zero-order chi connectivity index (χ0) is 14.3. The van der Waals surface area contributed by atoms with Crippen LogP contribution >= 0.6 is 0 Å². The van der Waals surface area contributed by atoms with E-state index >= 15 is 0 Å². The fourth-order valence-electron chi connectivity index (χ4n) is 1.36. The number of pyridine rings is 1. The van der Waals surface area contributed by atoms with E-state index in [9.17, 15) is 9.59 Å². The van der Waals surface area contributed by atoms with Gasteiger partial charge in [0.1, 0.15) is 0 Å². The lowest BCUT2D eigenvalue weighted by Crippen LogP contribution is -2.35. The number of carbonyl (C=O) groups is 2. The van der Waals surface area contributed by atoms with E-state index in [1.165, 1.54) is 12.3 Å².